The predicted octanol–water partition coefficient (Wildman–Crippen LogP) is 4.83. The van der Waals surface area contributed by atoms with E-state index in [4.69, 9.17) is 0 Å². The van der Waals surface area contributed by atoms with Gasteiger partial charge in [0.15, 0.2) is 0 Å². The fraction of sp³-hybridized carbons (Fsp3) is 0.474. The first-order chi connectivity index (χ1) is 10.3. The van der Waals surface area contributed by atoms with Gasteiger partial charge < -0.3 is 5.32 Å². The van der Waals surface area contributed by atoms with E-state index in [1.807, 2.05) is 11.3 Å². The van der Waals surface area contributed by atoms with Crippen LogP contribution < -0.4 is 5.32 Å². The van der Waals surface area contributed by atoms with E-state index in [9.17, 15) is 0 Å². The summed E-state index contributed by atoms with van der Waals surface area (Å²) in [4.78, 5) is 3.17. The van der Waals surface area contributed by atoms with Crippen molar-refractivity contribution < 1.29 is 0 Å². The lowest BCUT2D eigenvalue weighted by Crippen LogP contribution is -2.23. The van der Waals surface area contributed by atoms with Crippen LogP contribution in [-0.4, -0.2) is 6.54 Å². The number of aryl methyl sites for hydroxylation is 3. The molecule has 0 fully saturated rings. The molecular formula is C19H25NS. The van der Waals surface area contributed by atoms with Crippen molar-refractivity contribution in [1.29, 1.82) is 0 Å². The van der Waals surface area contributed by atoms with Gasteiger partial charge in [0.2, 0.25) is 0 Å². The Kier molecular flexibility index (Phi) is 4.77. The minimum absolute atomic E-state index is 0.474. The number of hydrogen-bond donors (Lipinski definition) is 1. The molecule has 0 aliphatic heterocycles. The van der Waals surface area contributed by atoms with E-state index in [-0.39, 0.29) is 0 Å². The molecule has 3 rings (SSSR count). The molecule has 1 unspecified atom stereocenters. The second-order valence-corrected chi connectivity index (χ2v) is 7.32. The van der Waals surface area contributed by atoms with Crippen molar-refractivity contribution in [2.45, 2.75) is 52.0 Å². The van der Waals surface area contributed by atoms with E-state index in [0.717, 1.165) is 13.0 Å². The zero-order valence-corrected chi connectivity index (χ0v) is 13.9. The average Bonchev–Trinajstić information content (AvgIpc) is 3.04. The number of thiophene rings is 1. The van der Waals surface area contributed by atoms with Gasteiger partial charge in [0.25, 0.3) is 0 Å². The Morgan fingerprint density at radius 1 is 1.24 bits per heavy atom. The summed E-state index contributed by atoms with van der Waals surface area (Å²) in [5.41, 5.74) is 4.41. The Labute approximate surface area is 132 Å². The molecule has 112 valence electrons. The minimum atomic E-state index is 0.474. The quantitative estimate of drug-likeness (QED) is 0.805. The number of rotatable bonds is 6. The van der Waals surface area contributed by atoms with Crippen molar-refractivity contribution in [3.8, 4) is 0 Å². The van der Waals surface area contributed by atoms with Crippen molar-refractivity contribution in [2.75, 3.05) is 6.54 Å². The summed E-state index contributed by atoms with van der Waals surface area (Å²) in [6.07, 6.45) is 6.23. The summed E-state index contributed by atoms with van der Waals surface area (Å²) >= 11 is 2.04. The summed E-state index contributed by atoms with van der Waals surface area (Å²) in [5, 5.41) is 3.75. The van der Waals surface area contributed by atoms with Crippen LogP contribution >= 0.6 is 11.3 Å². The monoisotopic (exact) mass is 299 g/mol. The molecule has 1 nitrogen and oxygen atoms in total. The third-order valence-corrected chi connectivity index (χ3v) is 5.62. The van der Waals surface area contributed by atoms with Crippen molar-refractivity contribution in [3.05, 3.63) is 56.8 Å². The predicted molar refractivity (Wildman–Crippen MR) is 92.3 cm³/mol. The molecule has 2 heteroatoms. The second-order valence-electron chi connectivity index (χ2n) is 6.15. The van der Waals surface area contributed by atoms with E-state index in [0.29, 0.717) is 6.04 Å². The highest BCUT2D eigenvalue weighted by molar-refractivity contribution is 7.12. The lowest BCUT2D eigenvalue weighted by atomic mass is 10.0. The van der Waals surface area contributed by atoms with Crippen LogP contribution in [0.5, 0.6) is 0 Å². The maximum absolute atomic E-state index is 3.75. The van der Waals surface area contributed by atoms with Crippen LogP contribution in [-0.2, 0) is 19.3 Å². The summed E-state index contributed by atoms with van der Waals surface area (Å²) in [6.45, 7) is 5.52. The van der Waals surface area contributed by atoms with Gasteiger partial charge in [-0.1, -0.05) is 36.8 Å². The van der Waals surface area contributed by atoms with Gasteiger partial charge in [-0.3, -0.25) is 0 Å². The lowest BCUT2D eigenvalue weighted by molar-refractivity contribution is 0.536. The standard InChI is InChI=1S/C19H25NS/c1-3-10-20-17(12-15-7-4-6-14(2)11-15)19-13-16-8-5-9-18(16)21-19/h4,6-7,11,13,17,20H,3,5,8-10,12H2,1-2H3. The molecule has 0 amide bonds. The number of fused-ring (bicyclic) bond motifs is 1. The minimum Gasteiger partial charge on any atom is -0.309 e. The van der Waals surface area contributed by atoms with Crippen molar-refractivity contribution in [2.24, 2.45) is 0 Å². The Balaban J connectivity index is 1.79. The second kappa shape index (κ2) is 6.76. The van der Waals surface area contributed by atoms with E-state index in [1.165, 1.54) is 41.7 Å². The molecule has 1 aliphatic rings. The van der Waals surface area contributed by atoms with Crippen LogP contribution in [0.1, 0.15) is 52.3 Å². The molecule has 0 saturated heterocycles. The normalized spacial score (nSPS) is 15.1. The molecule has 21 heavy (non-hydrogen) atoms. The van der Waals surface area contributed by atoms with Gasteiger partial charge in [-0.15, -0.1) is 11.3 Å². The van der Waals surface area contributed by atoms with Gasteiger partial charge in [0, 0.05) is 15.8 Å². The Bertz CT molecular complexity index is 578. The summed E-state index contributed by atoms with van der Waals surface area (Å²) in [5.74, 6) is 0. The van der Waals surface area contributed by atoms with Crippen molar-refractivity contribution in [3.63, 3.8) is 0 Å². The molecule has 1 heterocycles. The fourth-order valence-corrected chi connectivity index (χ4v) is 4.52. The van der Waals surface area contributed by atoms with Crippen LogP contribution in [0.2, 0.25) is 0 Å². The van der Waals surface area contributed by atoms with Gasteiger partial charge in [0.1, 0.15) is 0 Å². The molecular weight excluding hydrogens is 274 g/mol. The molecule has 1 aliphatic carbocycles. The average molecular weight is 299 g/mol. The van der Waals surface area contributed by atoms with Gasteiger partial charge in [-0.05, 0) is 62.8 Å². The number of benzene rings is 1. The number of nitrogens with one attached hydrogen (secondary N) is 1. The first-order valence-electron chi connectivity index (χ1n) is 8.16. The highest BCUT2D eigenvalue weighted by atomic mass is 32.1. The molecule has 1 aromatic carbocycles. The zero-order valence-electron chi connectivity index (χ0n) is 13.1. The fourth-order valence-electron chi connectivity index (χ4n) is 3.19. The summed E-state index contributed by atoms with van der Waals surface area (Å²) in [6, 6.07) is 11.9. The molecule has 0 bridgehead atoms. The molecule has 2 aromatic rings. The van der Waals surface area contributed by atoms with Gasteiger partial charge in [-0.2, -0.15) is 0 Å². The topological polar surface area (TPSA) is 12.0 Å². The molecule has 1 N–H and O–H groups in total. The number of hydrogen-bond acceptors (Lipinski definition) is 2. The van der Waals surface area contributed by atoms with Crippen LogP contribution in [0.3, 0.4) is 0 Å². The molecule has 0 saturated carbocycles. The first kappa shape index (κ1) is 14.8. The maximum Gasteiger partial charge on any atom is 0.0455 e. The van der Waals surface area contributed by atoms with E-state index in [1.54, 1.807) is 10.4 Å². The van der Waals surface area contributed by atoms with Gasteiger partial charge in [0.05, 0.1) is 0 Å². The van der Waals surface area contributed by atoms with E-state index >= 15 is 0 Å². The third-order valence-electron chi connectivity index (χ3n) is 4.27. The summed E-state index contributed by atoms with van der Waals surface area (Å²) < 4.78 is 0. The smallest absolute Gasteiger partial charge is 0.0455 e. The van der Waals surface area contributed by atoms with E-state index < -0.39 is 0 Å². The Morgan fingerprint density at radius 2 is 2.14 bits per heavy atom. The largest absolute Gasteiger partial charge is 0.309 e. The molecule has 1 atom stereocenters. The highest BCUT2D eigenvalue weighted by Crippen LogP contribution is 2.35. The van der Waals surface area contributed by atoms with Crippen LogP contribution in [0, 0.1) is 6.92 Å². The highest BCUT2D eigenvalue weighted by Gasteiger charge is 2.20. The zero-order chi connectivity index (χ0) is 14.7. The summed E-state index contributed by atoms with van der Waals surface area (Å²) in [7, 11) is 0. The Morgan fingerprint density at radius 3 is 2.90 bits per heavy atom. The van der Waals surface area contributed by atoms with Gasteiger partial charge >= 0.3 is 0 Å². The van der Waals surface area contributed by atoms with Crippen LogP contribution in [0.4, 0.5) is 0 Å². The SMILES string of the molecule is CCCNC(Cc1cccc(C)c1)c1cc2c(s1)CCC2. The van der Waals surface area contributed by atoms with Crippen molar-refractivity contribution >= 4 is 11.3 Å². The van der Waals surface area contributed by atoms with Crippen LogP contribution in [0.15, 0.2) is 30.3 Å². The Hall–Kier alpha value is -1.12. The van der Waals surface area contributed by atoms with E-state index in [2.05, 4.69) is 49.5 Å². The first-order valence-corrected chi connectivity index (χ1v) is 8.98. The molecule has 1 aromatic heterocycles. The van der Waals surface area contributed by atoms with Crippen molar-refractivity contribution in [1.82, 2.24) is 5.32 Å². The molecule has 0 spiro atoms. The molecule has 0 radical (unpaired) electrons. The third kappa shape index (κ3) is 3.56. The van der Waals surface area contributed by atoms with Crippen LogP contribution in [0.25, 0.3) is 0 Å². The van der Waals surface area contributed by atoms with Gasteiger partial charge in [-0.25, -0.2) is 0 Å². The lowest BCUT2D eigenvalue weighted by Gasteiger charge is -2.18. The maximum atomic E-state index is 3.75.